The van der Waals surface area contributed by atoms with E-state index in [2.05, 4.69) is 5.32 Å². The molecule has 1 amide bonds. The van der Waals surface area contributed by atoms with Gasteiger partial charge in [-0.05, 0) is 23.8 Å². The molecule has 108 valence electrons. The predicted molar refractivity (Wildman–Crippen MR) is 73.8 cm³/mol. The fourth-order valence-corrected chi connectivity index (χ4v) is 1.80. The normalized spacial score (nSPS) is 10.3. The van der Waals surface area contributed by atoms with E-state index in [1.54, 1.807) is 0 Å². The monoisotopic (exact) mass is 291 g/mol. The third kappa shape index (κ3) is 3.65. The van der Waals surface area contributed by atoms with Crippen molar-refractivity contribution < 1.29 is 23.6 Å². The van der Waals surface area contributed by atoms with Crippen LogP contribution in [-0.2, 0) is 6.54 Å². The number of carbonyl (C=O) groups excluding carboxylic acids is 1. The van der Waals surface area contributed by atoms with E-state index in [4.69, 9.17) is 10.0 Å². The van der Waals surface area contributed by atoms with Crippen LogP contribution in [0.4, 0.5) is 8.78 Å². The average Bonchev–Trinajstić information content (AvgIpc) is 2.46. The summed E-state index contributed by atoms with van der Waals surface area (Å²) in [6.45, 7) is 0.102. The molecule has 7 heteroatoms. The maximum Gasteiger partial charge on any atom is 0.491 e. The van der Waals surface area contributed by atoms with E-state index in [0.29, 0.717) is 5.56 Å². The molecule has 0 atom stereocenters. The van der Waals surface area contributed by atoms with E-state index in [-0.39, 0.29) is 23.4 Å². The van der Waals surface area contributed by atoms with Gasteiger partial charge in [-0.15, -0.1) is 0 Å². The maximum atomic E-state index is 13.9. The van der Waals surface area contributed by atoms with Crippen LogP contribution < -0.4 is 10.8 Å². The first-order valence-corrected chi connectivity index (χ1v) is 6.16. The van der Waals surface area contributed by atoms with Crippen molar-refractivity contribution in [3.63, 3.8) is 0 Å². The molecule has 0 aliphatic rings. The Kier molecular flexibility index (Phi) is 4.67. The molecule has 0 aliphatic carbocycles. The Morgan fingerprint density at radius 3 is 2.38 bits per heavy atom. The second-order valence-corrected chi connectivity index (χ2v) is 4.39. The number of hydrogen-bond acceptors (Lipinski definition) is 3. The van der Waals surface area contributed by atoms with Gasteiger partial charge < -0.3 is 15.4 Å². The van der Waals surface area contributed by atoms with Crippen molar-refractivity contribution in [1.82, 2.24) is 5.32 Å². The molecule has 0 saturated heterocycles. The van der Waals surface area contributed by atoms with Gasteiger partial charge in [0.25, 0.3) is 5.91 Å². The highest BCUT2D eigenvalue weighted by molar-refractivity contribution is 6.58. The molecule has 0 spiro atoms. The molecule has 3 N–H and O–H groups in total. The summed E-state index contributed by atoms with van der Waals surface area (Å²) in [5.74, 6) is -2.07. The number of amides is 1. The van der Waals surface area contributed by atoms with E-state index in [1.165, 1.54) is 42.5 Å². The van der Waals surface area contributed by atoms with Crippen LogP contribution in [0, 0.1) is 11.6 Å². The van der Waals surface area contributed by atoms with Gasteiger partial charge in [-0.1, -0.05) is 24.3 Å². The summed E-state index contributed by atoms with van der Waals surface area (Å²) in [5.41, 5.74) is -0.00403. The molecule has 2 rings (SSSR count). The zero-order valence-electron chi connectivity index (χ0n) is 10.9. The third-order valence-electron chi connectivity index (χ3n) is 2.92. The molecule has 0 heterocycles. The van der Waals surface area contributed by atoms with Gasteiger partial charge in [0.1, 0.15) is 11.6 Å². The highest BCUT2D eigenvalue weighted by atomic mass is 19.1. The quantitative estimate of drug-likeness (QED) is 0.722. The SMILES string of the molecule is O=C(NCc1ccc(F)cc1)c1cccc(B(O)O)c1F. The van der Waals surface area contributed by atoms with Crippen LogP contribution in [0.15, 0.2) is 42.5 Å². The van der Waals surface area contributed by atoms with Crippen LogP contribution in [-0.4, -0.2) is 23.1 Å². The Labute approximate surface area is 120 Å². The van der Waals surface area contributed by atoms with E-state index in [9.17, 15) is 13.6 Å². The van der Waals surface area contributed by atoms with Crippen molar-refractivity contribution in [3.8, 4) is 0 Å². The van der Waals surface area contributed by atoms with Gasteiger partial charge in [-0.3, -0.25) is 4.79 Å². The molecule has 2 aromatic rings. The number of carbonyl (C=O) groups is 1. The lowest BCUT2D eigenvalue weighted by Gasteiger charge is -2.09. The number of rotatable bonds is 4. The van der Waals surface area contributed by atoms with Crippen molar-refractivity contribution >= 4 is 18.5 Å². The Hall–Kier alpha value is -2.25. The minimum Gasteiger partial charge on any atom is -0.423 e. The van der Waals surface area contributed by atoms with Crippen molar-refractivity contribution in [1.29, 1.82) is 0 Å². The van der Waals surface area contributed by atoms with Crippen LogP contribution in [0.25, 0.3) is 0 Å². The fraction of sp³-hybridized carbons (Fsp3) is 0.0714. The van der Waals surface area contributed by atoms with E-state index >= 15 is 0 Å². The second kappa shape index (κ2) is 6.47. The summed E-state index contributed by atoms with van der Waals surface area (Å²) in [6.07, 6.45) is 0. The Morgan fingerprint density at radius 2 is 1.76 bits per heavy atom. The molecule has 2 aromatic carbocycles. The fourth-order valence-electron chi connectivity index (χ4n) is 1.80. The van der Waals surface area contributed by atoms with E-state index in [1.807, 2.05) is 0 Å². The summed E-state index contributed by atoms with van der Waals surface area (Å²) < 4.78 is 26.7. The zero-order chi connectivity index (χ0) is 15.4. The maximum absolute atomic E-state index is 13.9. The van der Waals surface area contributed by atoms with Gasteiger partial charge in [-0.2, -0.15) is 0 Å². The summed E-state index contributed by atoms with van der Waals surface area (Å²) in [6, 6.07) is 9.28. The topological polar surface area (TPSA) is 69.6 Å². The molecular weight excluding hydrogens is 279 g/mol. The minimum absolute atomic E-state index is 0.102. The van der Waals surface area contributed by atoms with Crippen molar-refractivity contribution in [3.05, 3.63) is 65.2 Å². The zero-order valence-corrected chi connectivity index (χ0v) is 10.9. The lowest BCUT2D eigenvalue weighted by molar-refractivity contribution is 0.0947. The summed E-state index contributed by atoms with van der Waals surface area (Å²) in [7, 11) is -1.99. The number of hydrogen-bond donors (Lipinski definition) is 3. The minimum atomic E-state index is -1.99. The lowest BCUT2D eigenvalue weighted by atomic mass is 9.79. The van der Waals surface area contributed by atoms with Crippen LogP contribution >= 0.6 is 0 Å². The number of benzene rings is 2. The van der Waals surface area contributed by atoms with Gasteiger partial charge in [0.05, 0.1) is 5.56 Å². The van der Waals surface area contributed by atoms with Gasteiger partial charge in [0, 0.05) is 12.0 Å². The van der Waals surface area contributed by atoms with Crippen LogP contribution in [0.2, 0.25) is 0 Å². The largest absolute Gasteiger partial charge is 0.491 e. The predicted octanol–water partition coefficient (Wildman–Crippen LogP) is 0.575. The van der Waals surface area contributed by atoms with E-state index < -0.39 is 18.8 Å². The molecule has 0 fully saturated rings. The summed E-state index contributed by atoms with van der Waals surface area (Å²) >= 11 is 0. The number of nitrogens with one attached hydrogen (secondary N) is 1. The van der Waals surface area contributed by atoms with Crippen molar-refractivity contribution in [2.24, 2.45) is 0 Å². The Morgan fingerprint density at radius 1 is 1.10 bits per heavy atom. The van der Waals surface area contributed by atoms with Gasteiger partial charge >= 0.3 is 7.12 Å². The number of halogens is 2. The van der Waals surface area contributed by atoms with Crippen LogP contribution in [0.5, 0.6) is 0 Å². The molecule has 0 unspecified atom stereocenters. The first-order valence-electron chi connectivity index (χ1n) is 6.16. The molecule has 0 aliphatic heterocycles. The molecule has 0 bridgehead atoms. The molecule has 0 aromatic heterocycles. The van der Waals surface area contributed by atoms with Gasteiger partial charge in [0.15, 0.2) is 0 Å². The Balaban J connectivity index is 2.10. The van der Waals surface area contributed by atoms with E-state index in [0.717, 1.165) is 0 Å². The molecule has 0 radical (unpaired) electrons. The summed E-state index contributed by atoms with van der Waals surface area (Å²) in [4.78, 5) is 11.9. The van der Waals surface area contributed by atoms with Crippen molar-refractivity contribution in [2.75, 3.05) is 0 Å². The van der Waals surface area contributed by atoms with Crippen molar-refractivity contribution in [2.45, 2.75) is 6.54 Å². The highest BCUT2D eigenvalue weighted by Crippen LogP contribution is 2.07. The van der Waals surface area contributed by atoms with Crippen LogP contribution in [0.1, 0.15) is 15.9 Å². The van der Waals surface area contributed by atoms with Gasteiger partial charge in [0.2, 0.25) is 0 Å². The second-order valence-electron chi connectivity index (χ2n) is 4.39. The lowest BCUT2D eigenvalue weighted by Crippen LogP contribution is -2.35. The Bertz CT molecular complexity index is 647. The molecule has 0 saturated carbocycles. The standard InChI is InChI=1S/C14H12BF2NO3/c16-10-6-4-9(5-7-10)8-18-14(19)11-2-1-3-12(13(11)17)15(20)21/h1-7,20-21H,8H2,(H,18,19). The summed E-state index contributed by atoms with van der Waals surface area (Å²) in [5, 5.41) is 20.5. The highest BCUT2D eigenvalue weighted by Gasteiger charge is 2.21. The van der Waals surface area contributed by atoms with Gasteiger partial charge in [-0.25, -0.2) is 8.78 Å². The third-order valence-corrected chi connectivity index (χ3v) is 2.92. The molecule has 21 heavy (non-hydrogen) atoms. The molecule has 4 nitrogen and oxygen atoms in total. The van der Waals surface area contributed by atoms with Crippen LogP contribution in [0.3, 0.4) is 0 Å². The first kappa shape index (κ1) is 15.1. The average molecular weight is 291 g/mol. The smallest absolute Gasteiger partial charge is 0.423 e. The molecular formula is C14H12BF2NO3. The first-order chi connectivity index (χ1) is 9.99.